The maximum absolute atomic E-state index is 9.67. The van der Waals surface area contributed by atoms with Crippen LogP contribution in [-0.2, 0) is 6.42 Å². The molecule has 1 nitrogen and oxygen atoms in total. The van der Waals surface area contributed by atoms with E-state index in [4.69, 9.17) is 0 Å². The molecule has 2 aliphatic rings. The van der Waals surface area contributed by atoms with Crippen LogP contribution in [0.1, 0.15) is 49.1 Å². The molecule has 1 N–H and O–H groups in total. The third-order valence-electron chi connectivity index (χ3n) is 4.23. The lowest BCUT2D eigenvalue weighted by molar-refractivity contribution is 0.281. The van der Waals surface area contributed by atoms with Crippen molar-refractivity contribution in [2.45, 2.75) is 44.4 Å². The average Bonchev–Trinajstić information content (AvgIpc) is 2.23. The fraction of sp³-hybridized carbons (Fsp3) is 0.571. The number of hydrogen-bond acceptors (Lipinski definition) is 1. The third-order valence-corrected chi connectivity index (χ3v) is 4.23. The fourth-order valence-electron chi connectivity index (χ4n) is 3.32. The summed E-state index contributed by atoms with van der Waals surface area (Å²) in [6.07, 6.45) is 8.17. The Kier molecular flexibility index (Phi) is 2.19. The van der Waals surface area contributed by atoms with Crippen LogP contribution in [0.25, 0.3) is 0 Å². The van der Waals surface area contributed by atoms with Crippen LogP contribution >= 0.6 is 0 Å². The van der Waals surface area contributed by atoms with Gasteiger partial charge in [-0.1, -0.05) is 31.4 Å². The maximum atomic E-state index is 9.67. The molecule has 0 spiro atoms. The van der Waals surface area contributed by atoms with Gasteiger partial charge in [0.05, 0.1) is 0 Å². The van der Waals surface area contributed by atoms with Crippen molar-refractivity contribution in [3.63, 3.8) is 0 Å². The first-order valence-corrected chi connectivity index (χ1v) is 6.17. The zero-order valence-electron chi connectivity index (χ0n) is 9.08. The van der Waals surface area contributed by atoms with Crippen molar-refractivity contribution in [3.8, 4) is 5.75 Å². The van der Waals surface area contributed by atoms with Gasteiger partial charge in [-0.3, -0.25) is 0 Å². The van der Waals surface area contributed by atoms with Gasteiger partial charge in [0.25, 0.3) is 0 Å². The minimum Gasteiger partial charge on any atom is -0.508 e. The molecular formula is C14H18O. The molecule has 3 rings (SSSR count). The standard InChI is InChI=1S/C14H18O/c15-14-8-4-7-11-12(9-13(11)14)10-5-2-1-3-6-10/h4,7-8,10,12,15H,1-3,5-6,9H2. The Hall–Kier alpha value is -0.980. The third kappa shape index (κ3) is 1.45. The molecule has 1 unspecified atom stereocenters. The monoisotopic (exact) mass is 202 g/mol. The Bertz CT molecular complexity index is 364. The lowest BCUT2D eigenvalue weighted by atomic mass is 9.66. The Morgan fingerprint density at radius 2 is 1.87 bits per heavy atom. The lowest BCUT2D eigenvalue weighted by Gasteiger charge is -2.38. The highest BCUT2D eigenvalue weighted by Crippen LogP contribution is 2.48. The first-order chi connectivity index (χ1) is 7.36. The van der Waals surface area contributed by atoms with Gasteiger partial charge >= 0.3 is 0 Å². The number of fused-ring (bicyclic) bond motifs is 1. The Morgan fingerprint density at radius 3 is 2.67 bits per heavy atom. The van der Waals surface area contributed by atoms with Gasteiger partial charge in [0.2, 0.25) is 0 Å². The summed E-state index contributed by atoms with van der Waals surface area (Å²) in [5, 5.41) is 9.67. The van der Waals surface area contributed by atoms with E-state index in [2.05, 4.69) is 6.07 Å². The molecule has 1 heteroatoms. The highest BCUT2D eigenvalue weighted by Gasteiger charge is 2.34. The molecule has 1 aromatic carbocycles. The fourth-order valence-corrected chi connectivity index (χ4v) is 3.32. The van der Waals surface area contributed by atoms with E-state index in [1.54, 1.807) is 0 Å². The van der Waals surface area contributed by atoms with Gasteiger partial charge in [-0.2, -0.15) is 0 Å². The Balaban J connectivity index is 1.81. The molecule has 1 aromatic rings. The average molecular weight is 202 g/mol. The van der Waals surface area contributed by atoms with E-state index < -0.39 is 0 Å². The molecule has 1 fully saturated rings. The second-order valence-electron chi connectivity index (χ2n) is 5.05. The summed E-state index contributed by atoms with van der Waals surface area (Å²) in [6, 6.07) is 6.01. The van der Waals surface area contributed by atoms with Crippen LogP contribution in [0.4, 0.5) is 0 Å². The van der Waals surface area contributed by atoms with Gasteiger partial charge in [-0.05, 0) is 48.3 Å². The number of aromatic hydroxyl groups is 1. The lowest BCUT2D eigenvalue weighted by Crippen LogP contribution is -2.26. The predicted molar refractivity (Wildman–Crippen MR) is 61.1 cm³/mol. The van der Waals surface area contributed by atoms with Crippen LogP contribution < -0.4 is 0 Å². The van der Waals surface area contributed by atoms with E-state index in [1.165, 1.54) is 43.2 Å². The van der Waals surface area contributed by atoms with Gasteiger partial charge in [0.1, 0.15) is 5.75 Å². The van der Waals surface area contributed by atoms with E-state index in [-0.39, 0.29) is 0 Å². The van der Waals surface area contributed by atoms with Crippen molar-refractivity contribution in [2.24, 2.45) is 5.92 Å². The van der Waals surface area contributed by atoms with E-state index in [0.29, 0.717) is 5.75 Å². The number of benzene rings is 1. The van der Waals surface area contributed by atoms with Gasteiger partial charge < -0.3 is 5.11 Å². The second-order valence-corrected chi connectivity index (χ2v) is 5.05. The van der Waals surface area contributed by atoms with Crippen molar-refractivity contribution >= 4 is 0 Å². The van der Waals surface area contributed by atoms with Crippen LogP contribution in [0, 0.1) is 5.92 Å². The SMILES string of the molecule is Oc1cccc2c1CC2C1CCCCC1. The molecule has 0 bridgehead atoms. The molecule has 2 aliphatic carbocycles. The molecule has 0 heterocycles. The van der Waals surface area contributed by atoms with E-state index >= 15 is 0 Å². The van der Waals surface area contributed by atoms with Gasteiger partial charge in [-0.25, -0.2) is 0 Å². The van der Waals surface area contributed by atoms with Crippen LogP contribution in [0.3, 0.4) is 0 Å². The minimum atomic E-state index is 0.513. The molecule has 80 valence electrons. The van der Waals surface area contributed by atoms with Crippen molar-refractivity contribution in [1.29, 1.82) is 0 Å². The van der Waals surface area contributed by atoms with E-state index in [1.807, 2.05) is 12.1 Å². The molecule has 0 radical (unpaired) electrons. The van der Waals surface area contributed by atoms with Crippen LogP contribution in [0.5, 0.6) is 5.75 Å². The Morgan fingerprint density at radius 1 is 1.07 bits per heavy atom. The van der Waals surface area contributed by atoms with Gasteiger partial charge in [-0.15, -0.1) is 0 Å². The number of phenolic OH excluding ortho intramolecular Hbond substituents is 1. The topological polar surface area (TPSA) is 20.2 Å². The number of rotatable bonds is 1. The van der Waals surface area contributed by atoms with E-state index in [0.717, 1.165) is 18.3 Å². The Labute approximate surface area is 91.1 Å². The zero-order chi connectivity index (χ0) is 10.3. The molecular weight excluding hydrogens is 184 g/mol. The second kappa shape index (κ2) is 3.55. The molecule has 1 atom stereocenters. The first-order valence-electron chi connectivity index (χ1n) is 6.17. The number of hydrogen-bond donors (Lipinski definition) is 1. The molecule has 15 heavy (non-hydrogen) atoms. The van der Waals surface area contributed by atoms with Gasteiger partial charge in [0, 0.05) is 0 Å². The summed E-state index contributed by atoms with van der Waals surface area (Å²) < 4.78 is 0. The van der Waals surface area contributed by atoms with Crippen molar-refractivity contribution in [2.75, 3.05) is 0 Å². The molecule has 1 saturated carbocycles. The zero-order valence-corrected chi connectivity index (χ0v) is 9.08. The summed E-state index contributed by atoms with van der Waals surface area (Å²) in [4.78, 5) is 0. The minimum absolute atomic E-state index is 0.513. The molecule has 0 amide bonds. The largest absolute Gasteiger partial charge is 0.508 e. The molecule has 0 aliphatic heterocycles. The normalized spacial score (nSPS) is 25.7. The van der Waals surface area contributed by atoms with Crippen LogP contribution in [0.15, 0.2) is 18.2 Å². The van der Waals surface area contributed by atoms with Crippen LogP contribution in [0.2, 0.25) is 0 Å². The highest BCUT2D eigenvalue weighted by atomic mass is 16.3. The summed E-state index contributed by atoms with van der Waals surface area (Å²) in [5.41, 5.74) is 2.65. The van der Waals surface area contributed by atoms with Crippen molar-refractivity contribution < 1.29 is 5.11 Å². The molecule has 0 aromatic heterocycles. The quantitative estimate of drug-likeness (QED) is 0.737. The first kappa shape index (κ1) is 9.26. The van der Waals surface area contributed by atoms with E-state index in [9.17, 15) is 5.11 Å². The smallest absolute Gasteiger partial charge is 0.119 e. The van der Waals surface area contributed by atoms with Crippen molar-refractivity contribution in [3.05, 3.63) is 29.3 Å². The van der Waals surface area contributed by atoms with Crippen LogP contribution in [-0.4, -0.2) is 5.11 Å². The molecule has 0 saturated heterocycles. The summed E-state index contributed by atoms with van der Waals surface area (Å²) in [6.45, 7) is 0. The summed E-state index contributed by atoms with van der Waals surface area (Å²) >= 11 is 0. The highest BCUT2D eigenvalue weighted by molar-refractivity contribution is 5.49. The number of phenols is 1. The maximum Gasteiger partial charge on any atom is 0.119 e. The summed E-state index contributed by atoms with van der Waals surface area (Å²) in [5.74, 6) is 2.17. The van der Waals surface area contributed by atoms with Crippen molar-refractivity contribution in [1.82, 2.24) is 0 Å². The summed E-state index contributed by atoms with van der Waals surface area (Å²) in [7, 11) is 0. The van der Waals surface area contributed by atoms with Gasteiger partial charge in [0.15, 0.2) is 0 Å². The predicted octanol–water partition coefficient (Wildman–Crippen LogP) is 3.61.